The van der Waals surface area contributed by atoms with Crippen LogP contribution in [-0.2, 0) is 17.6 Å². The molecular formula is C22H20ClN3O4S. The molecule has 0 fully saturated rings. The van der Waals surface area contributed by atoms with Crippen LogP contribution in [-0.4, -0.2) is 27.7 Å². The molecule has 0 saturated carbocycles. The van der Waals surface area contributed by atoms with Crippen LogP contribution in [0.3, 0.4) is 0 Å². The molecular weight excluding hydrogens is 438 g/mol. The normalized spacial score (nSPS) is 15.3. The van der Waals surface area contributed by atoms with Crippen LogP contribution in [0.4, 0.5) is 5.82 Å². The standard InChI is InChI=1S/C22H20ClN3O4S/c1-26-20-19(21(29)25-22(26)31-11-12-4-3-5-13(23)8-12)16(10-18(28)24-20)15-7-6-14(27)9-17(15)30-2/h3-9,16,27H,10-11H2,1-2H3,(H,24,28)/t16-/m0/s1. The minimum Gasteiger partial charge on any atom is -0.508 e. The molecule has 9 heteroatoms. The van der Waals surface area contributed by atoms with Crippen LogP contribution in [0, 0.1) is 0 Å². The van der Waals surface area contributed by atoms with Gasteiger partial charge in [-0.2, -0.15) is 4.98 Å². The maximum absolute atomic E-state index is 13.1. The van der Waals surface area contributed by atoms with Gasteiger partial charge in [-0.05, 0) is 23.8 Å². The SMILES string of the molecule is COc1cc(O)ccc1[C@@H]1CC(=O)Nc2c1c(=O)nc(SCc1cccc(Cl)c1)n2C. The molecule has 0 saturated heterocycles. The number of phenolic OH excluding ortho intramolecular Hbond substituents is 1. The van der Waals surface area contributed by atoms with E-state index in [1.165, 1.54) is 31.0 Å². The molecule has 3 aromatic rings. The Labute approximate surface area is 188 Å². The first-order valence-electron chi connectivity index (χ1n) is 9.52. The highest BCUT2D eigenvalue weighted by atomic mass is 35.5. The molecule has 31 heavy (non-hydrogen) atoms. The number of benzene rings is 2. The third-order valence-electron chi connectivity index (χ3n) is 5.15. The van der Waals surface area contributed by atoms with Crippen molar-refractivity contribution in [1.29, 1.82) is 0 Å². The van der Waals surface area contributed by atoms with Crippen LogP contribution >= 0.6 is 23.4 Å². The van der Waals surface area contributed by atoms with Crippen molar-refractivity contribution in [2.75, 3.05) is 12.4 Å². The maximum atomic E-state index is 13.1. The number of carbonyl (C=O) groups excluding carboxylic acids is 1. The molecule has 0 spiro atoms. The first-order chi connectivity index (χ1) is 14.9. The number of amides is 1. The highest BCUT2D eigenvalue weighted by Crippen LogP contribution is 2.40. The van der Waals surface area contributed by atoms with E-state index in [0.29, 0.717) is 38.6 Å². The summed E-state index contributed by atoms with van der Waals surface area (Å²) in [5, 5.41) is 13.7. The summed E-state index contributed by atoms with van der Waals surface area (Å²) < 4.78 is 7.11. The van der Waals surface area contributed by atoms with Gasteiger partial charge in [0.15, 0.2) is 5.16 Å². The zero-order valence-corrected chi connectivity index (χ0v) is 18.5. The maximum Gasteiger partial charge on any atom is 0.279 e. The summed E-state index contributed by atoms with van der Waals surface area (Å²) in [4.78, 5) is 29.9. The zero-order chi connectivity index (χ0) is 22.1. The van der Waals surface area contributed by atoms with Crippen LogP contribution in [0.2, 0.25) is 5.02 Å². The summed E-state index contributed by atoms with van der Waals surface area (Å²) in [6.07, 6.45) is 0.0834. The van der Waals surface area contributed by atoms with Gasteiger partial charge in [-0.15, -0.1) is 0 Å². The Morgan fingerprint density at radius 3 is 2.84 bits per heavy atom. The molecule has 0 unspecified atom stereocenters. The lowest BCUT2D eigenvalue weighted by atomic mass is 9.86. The van der Waals surface area contributed by atoms with Crippen molar-refractivity contribution < 1.29 is 14.6 Å². The second-order valence-corrected chi connectivity index (χ2v) is 8.55. The van der Waals surface area contributed by atoms with Crippen LogP contribution in [0.15, 0.2) is 52.4 Å². The number of phenols is 1. The summed E-state index contributed by atoms with van der Waals surface area (Å²) in [6, 6.07) is 12.1. The lowest BCUT2D eigenvalue weighted by molar-refractivity contribution is -0.116. The molecule has 1 amide bonds. The Morgan fingerprint density at radius 2 is 2.10 bits per heavy atom. The monoisotopic (exact) mass is 457 g/mol. The Morgan fingerprint density at radius 1 is 1.29 bits per heavy atom. The number of anilines is 1. The predicted octanol–water partition coefficient (Wildman–Crippen LogP) is 3.91. The lowest BCUT2D eigenvalue weighted by Crippen LogP contribution is -2.33. The molecule has 1 aliphatic rings. The number of methoxy groups -OCH3 is 1. The summed E-state index contributed by atoms with van der Waals surface area (Å²) in [5.41, 5.74) is 1.65. The average molecular weight is 458 g/mol. The van der Waals surface area contributed by atoms with E-state index in [1.54, 1.807) is 23.7 Å². The van der Waals surface area contributed by atoms with E-state index in [1.807, 2.05) is 18.2 Å². The molecule has 1 aromatic heterocycles. The van der Waals surface area contributed by atoms with Crippen LogP contribution in [0.25, 0.3) is 0 Å². The minimum atomic E-state index is -0.530. The zero-order valence-electron chi connectivity index (χ0n) is 16.9. The number of fused-ring (bicyclic) bond motifs is 1. The highest BCUT2D eigenvalue weighted by molar-refractivity contribution is 7.98. The van der Waals surface area contributed by atoms with E-state index in [2.05, 4.69) is 10.3 Å². The number of nitrogens with zero attached hydrogens (tertiary/aromatic N) is 2. The first kappa shape index (κ1) is 21.3. The molecule has 1 aliphatic heterocycles. The smallest absolute Gasteiger partial charge is 0.279 e. The Hall–Kier alpha value is -2.97. The summed E-state index contributed by atoms with van der Waals surface area (Å²) in [7, 11) is 3.25. The van der Waals surface area contributed by atoms with Crippen LogP contribution < -0.4 is 15.6 Å². The molecule has 2 aromatic carbocycles. The van der Waals surface area contributed by atoms with Crippen molar-refractivity contribution >= 4 is 35.1 Å². The first-order valence-corrected chi connectivity index (χ1v) is 10.9. The van der Waals surface area contributed by atoms with E-state index < -0.39 is 11.5 Å². The third kappa shape index (κ3) is 4.26. The van der Waals surface area contributed by atoms with Gasteiger partial charge in [-0.25, -0.2) is 0 Å². The molecule has 0 bridgehead atoms. The van der Waals surface area contributed by atoms with Crippen molar-refractivity contribution in [2.45, 2.75) is 23.2 Å². The van der Waals surface area contributed by atoms with Gasteiger partial charge in [0.2, 0.25) is 5.91 Å². The molecule has 2 heterocycles. The minimum absolute atomic E-state index is 0.0416. The quantitative estimate of drug-likeness (QED) is 0.445. The fourth-order valence-electron chi connectivity index (χ4n) is 3.69. The second-order valence-electron chi connectivity index (χ2n) is 7.17. The van der Waals surface area contributed by atoms with Gasteiger partial charge in [0.25, 0.3) is 5.56 Å². The van der Waals surface area contributed by atoms with Gasteiger partial charge in [-0.1, -0.05) is 41.6 Å². The molecule has 2 N–H and O–H groups in total. The topological polar surface area (TPSA) is 93.4 Å². The van der Waals surface area contributed by atoms with Crippen molar-refractivity contribution in [3.05, 3.63) is 74.5 Å². The number of carbonyl (C=O) groups is 1. The van der Waals surface area contributed by atoms with E-state index in [4.69, 9.17) is 16.3 Å². The number of hydrogen-bond donors (Lipinski definition) is 2. The highest BCUT2D eigenvalue weighted by Gasteiger charge is 2.33. The number of aromatic nitrogens is 2. The number of nitrogens with one attached hydrogen (secondary N) is 1. The van der Waals surface area contributed by atoms with E-state index >= 15 is 0 Å². The Balaban J connectivity index is 1.75. The van der Waals surface area contributed by atoms with Crippen molar-refractivity contribution in [1.82, 2.24) is 9.55 Å². The average Bonchev–Trinajstić information content (AvgIpc) is 2.74. The Kier molecular flexibility index (Phi) is 5.93. The van der Waals surface area contributed by atoms with Crippen molar-refractivity contribution in [3.8, 4) is 11.5 Å². The summed E-state index contributed by atoms with van der Waals surface area (Å²) >= 11 is 7.44. The second kappa shape index (κ2) is 8.64. The van der Waals surface area contributed by atoms with E-state index in [-0.39, 0.29) is 18.1 Å². The van der Waals surface area contributed by atoms with Crippen molar-refractivity contribution in [3.63, 3.8) is 0 Å². The fourth-order valence-corrected chi connectivity index (χ4v) is 4.81. The summed E-state index contributed by atoms with van der Waals surface area (Å²) in [6.45, 7) is 0. The number of hydrogen-bond acceptors (Lipinski definition) is 6. The predicted molar refractivity (Wildman–Crippen MR) is 120 cm³/mol. The number of aromatic hydroxyl groups is 1. The Bertz CT molecular complexity index is 1230. The van der Waals surface area contributed by atoms with Gasteiger partial charge in [0.05, 0.1) is 12.7 Å². The van der Waals surface area contributed by atoms with Gasteiger partial charge in [0, 0.05) is 41.8 Å². The fraction of sp³-hybridized carbons (Fsp3) is 0.227. The van der Waals surface area contributed by atoms with Crippen LogP contribution in [0.5, 0.6) is 11.5 Å². The number of halogens is 1. The molecule has 0 radical (unpaired) electrons. The summed E-state index contributed by atoms with van der Waals surface area (Å²) in [5.74, 6) is 0.706. The number of ether oxygens (including phenoxy) is 1. The van der Waals surface area contributed by atoms with E-state index in [0.717, 1.165) is 5.56 Å². The van der Waals surface area contributed by atoms with Gasteiger partial charge in [0.1, 0.15) is 17.3 Å². The molecule has 7 nitrogen and oxygen atoms in total. The van der Waals surface area contributed by atoms with Gasteiger partial charge in [-0.3, -0.25) is 9.59 Å². The third-order valence-corrected chi connectivity index (χ3v) is 6.49. The molecule has 1 atom stereocenters. The van der Waals surface area contributed by atoms with Gasteiger partial charge >= 0.3 is 0 Å². The molecule has 4 rings (SSSR count). The lowest BCUT2D eigenvalue weighted by Gasteiger charge is -2.28. The van der Waals surface area contributed by atoms with Gasteiger partial charge < -0.3 is 19.7 Å². The van der Waals surface area contributed by atoms with Crippen LogP contribution in [0.1, 0.15) is 29.0 Å². The molecule has 160 valence electrons. The number of thioether (sulfide) groups is 1. The largest absolute Gasteiger partial charge is 0.508 e. The van der Waals surface area contributed by atoms with E-state index in [9.17, 15) is 14.7 Å². The van der Waals surface area contributed by atoms with Crippen molar-refractivity contribution in [2.24, 2.45) is 7.05 Å². The number of rotatable bonds is 5. The molecule has 0 aliphatic carbocycles.